The monoisotopic (exact) mass is 612 g/mol. The number of hydrogen-bond donors (Lipinski definition) is 5. The standard InChI is InChI=1S/C34H41BN4O6/c1-37(2)27-19(15-39(5)20-10-16-8-6-7-9-17(16)11-20)14-23(40)25-21(27)12-18-13-22-28(38(3)4)30(42)26(33(36)44)31(35)34(22,45)32(43)24(18)29(25)41/h6-9,14,18,20,22,28,35,40,42-43,45H,10-13,15H2,1-5H3,(H2,36,44)/t18-,22-,28-,34+/m0/s1. The Hall–Kier alpha value is -3.93. The van der Waals surface area contributed by atoms with E-state index in [1.807, 2.05) is 19.0 Å². The molecule has 6 rings (SSSR count). The Bertz CT molecular complexity index is 1690. The predicted octanol–water partition coefficient (Wildman–Crippen LogP) is 1.29. The fourth-order valence-corrected chi connectivity index (χ4v) is 8.46. The number of aliphatic hydroxyl groups is 3. The molecule has 2 aromatic carbocycles. The summed E-state index contributed by atoms with van der Waals surface area (Å²) in [6, 6.07) is 9.53. The summed E-state index contributed by atoms with van der Waals surface area (Å²) in [5, 5.41) is 46.4. The molecular weight excluding hydrogens is 571 g/mol. The van der Waals surface area contributed by atoms with Crippen LogP contribution in [0.3, 0.4) is 0 Å². The summed E-state index contributed by atoms with van der Waals surface area (Å²) in [5.74, 6) is -4.05. The molecule has 0 spiro atoms. The quantitative estimate of drug-likeness (QED) is 0.304. The molecule has 6 N–H and O–H groups in total. The summed E-state index contributed by atoms with van der Waals surface area (Å²) in [4.78, 5) is 32.5. The first-order chi connectivity index (χ1) is 21.2. The number of ketones is 1. The van der Waals surface area contributed by atoms with Crippen molar-refractivity contribution in [2.24, 2.45) is 17.6 Å². The van der Waals surface area contributed by atoms with Crippen molar-refractivity contribution >= 4 is 30.3 Å². The summed E-state index contributed by atoms with van der Waals surface area (Å²) in [6.07, 6.45) is 2.41. The predicted molar refractivity (Wildman–Crippen MR) is 174 cm³/mol. The van der Waals surface area contributed by atoms with Crippen LogP contribution >= 0.6 is 0 Å². The number of allylic oxidation sites excluding steroid dienone is 1. The van der Waals surface area contributed by atoms with E-state index in [1.165, 1.54) is 11.1 Å². The van der Waals surface area contributed by atoms with Crippen molar-refractivity contribution in [2.75, 3.05) is 40.1 Å². The van der Waals surface area contributed by atoms with E-state index in [4.69, 9.17) is 5.73 Å². The van der Waals surface area contributed by atoms with Crippen LogP contribution in [-0.2, 0) is 30.6 Å². The van der Waals surface area contributed by atoms with E-state index in [9.17, 15) is 30.0 Å². The third-order valence-electron chi connectivity index (χ3n) is 10.5. The van der Waals surface area contributed by atoms with Gasteiger partial charge in [-0.1, -0.05) is 24.3 Å². The van der Waals surface area contributed by atoms with Gasteiger partial charge in [0.25, 0.3) is 0 Å². The van der Waals surface area contributed by atoms with Crippen LogP contribution in [0.25, 0.3) is 0 Å². The SMILES string of the molecule is B=C1C(C(N)=O)=C(O)[C@@H](N(C)C)[C@@H]2C[C@@H]3Cc4c(c(O)cc(CN(C)C5Cc6ccccc6C5)c4N(C)C)C(=O)C3=C(O)[C@]12O. The van der Waals surface area contributed by atoms with Gasteiger partial charge in [-0.3, -0.25) is 0 Å². The number of benzene rings is 2. The molecule has 2 aromatic rings. The number of phenols is 1. The first-order valence-electron chi connectivity index (χ1n) is 15.3. The van der Waals surface area contributed by atoms with Gasteiger partial charge in [0.2, 0.25) is 0 Å². The Morgan fingerprint density at radius 1 is 1.04 bits per heavy atom. The van der Waals surface area contributed by atoms with Gasteiger partial charge in [-0.05, 0) is 24.0 Å². The number of amides is 1. The molecule has 11 heteroatoms. The third kappa shape index (κ3) is 4.54. The summed E-state index contributed by atoms with van der Waals surface area (Å²) >= 11 is 0. The number of aliphatic hydroxyl groups excluding tert-OH is 2. The molecule has 0 unspecified atom stereocenters. The van der Waals surface area contributed by atoms with Crippen LogP contribution in [-0.4, -0.2) is 108 Å². The van der Waals surface area contributed by atoms with Gasteiger partial charge in [-0.25, -0.2) is 0 Å². The molecule has 236 valence electrons. The number of Topliss-reactive ketones (excluding diaryl/α,β-unsaturated/α-hetero) is 1. The number of phenolic OH excluding ortho intramolecular Hbond substituents is 1. The molecule has 0 bridgehead atoms. The maximum atomic E-state index is 14.2. The molecular formula is C34H41BN4O6. The van der Waals surface area contributed by atoms with Crippen molar-refractivity contribution in [1.82, 2.24) is 9.80 Å². The second-order valence-corrected chi connectivity index (χ2v) is 13.5. The molecule has 0 saturated carbocycles. The summed E-state index contributed by atoms with van der Waals surface area (Å²) in [6.45, 7) is 0.555. The minimum atomic E-state index is -2.22. The van der Waals surface area contributed by atoms with Gasteiger partial charge in [0.05, 0.1) is 0 Å². The van der Waals surface area contributed by atoms with E-state index in [-0.39, 0.29) is 40.1 Å². The van der Waals surface area contributed by atoms with Crippen molar-refractivity contribution in [3.05, 3.63) is 80.8 Å². The molecule has 0 radical (unpaired) electrons. The Labute approximate surface area is 264 Å². The van der Waals surface area contributed by atoms with Crippen molar-refractivity contribution in [2.45, 2.75) is 49.9 Å². The van der Waals surface area contributed by atoms with E-state index < -0.39 is 40.9 Å². The molecule has 4 atom stereocenters. The zero-order chi connectivity index (χ0) is 32.7. The summed E-state index contributed by atoms with van der Waals surface area (Å²) in [7, 11) is 13.2. The molecule has 10 nitrogen and oxygen atoms in total. The van der Waals surface area contributed by atoms with Gasteiger partial charge in [0.15, 0.2) is 0 Å². The van der Waals surface area contributed by atoms with Crippen LogP contribution in [0.1, 0.15) is 39.0 Å². The molecule has 0 heterocycles. The second-order valence-electron chi connectivity index (χ2n) is 13.5. The normalized spacial score (nSPS) is 26.2. The van der Waals surface area contributed by atoms with Gasteiger partial charge in [0, 0.05) is 0 Å². The number of aromatic hydroxyl groups is 1. The molecule has 0 fully saturated rings. The van der Waals surface area contributed by atoms with Gasteiger partial charge < -0.3 is 0 Å². The summed E-state index contributed by atoms with van der Waals surface area (Å²) in [5.41, 5.74) is 7.94. The van der Waals surface area contributed by atoms with Crippen molar-refractivity contribution in [3.8, 4) is 5.75 Å². The number of nitrogens with zero attached hydrogens (tertiary/aromatic N) is 3. The second kappa shape index (κ2) is 10.9. The van der Waals surface area contributed by atoms with E-state index in [0.717, 1.165) is 24.1 Å². The van der Waals surface area contributed by atoms with E-state index >= 15 is 0 Å². The van der Waals surface area contributed by atoms with Crippen LogP contribution in [0.5, 0.6) is 5.75 Å². The molecule has 45 heavy (non-hydrogen) atoms. The molecule has 0 aliphatic heterocycles. The Kier molecular flexibility index (Phi) is 7.50. The van der Waals surface area contributed by atoms with Crippen LogP contribution in [0.4, 0.5) is 5.69 Å². The zero-order valence-electron chi connectivity index (χ0n) is 26.5. The fourth-order valence-electron chi connectivity index (χ4n) is 8.46. The molecule has 4 aliphatic rings. The third-order valence-corrected chi connectivity index (χ3v) is 10.5. The molecule has 1 amide bonds. The van der Waals surface area contributed by atoms with Crippen molar-refractivity contribution < 1.29 is 30.0 Å². The maximum absolute atomic E-state index is 14.2. The van der Waals surface area contributed by atoms with Crippen molar-refractivity contribution in [1.29, 1.82) is 0 Å². The average Bonchev–Trinajstić information content (AvgIpc) is 3.39. The van der Waals surface area contributed by atoms with Crippen molar-refractivity contribution in [3.63, 3.8) is 0 Å². The number of fused-ring (bicyclic) bond motifs is 4. The Morgan fingerprint density at radius 2 is 1.67 bits per heavy atom. The van der Waals surface area contributed by atoms with E-state index in [2.05, 4.69) is 43.7 Å². The number of carbonyl (C=O) groups is 2. The Balaban J connectivity index is 1.43. The Morgan fingerprint density at radius 3 is 2.22 bits per heavy atom. The zero-order valence-corrected chi connectivity index (χ0v) is 26.5. The van der Waals surface area contributed by atoms with Gasteiger partial charge >= 0.3 is 216 Å². The number of primary amides is 1. The van der Waals surface area contributed by atoms with Gasteiger partial charge in [-0.15, -0.1) is 0 Å². The number of hydrogen-bond acceptors (Lipinski definition) is 9. The number of anilines is 1. The first kappa shape index (κ1) is 31.1. The minimum absolute atomic E-state index is 0.0151. The van der Waals surface area contributed by atoms with Crippen LogP contribution in [0.2, 0.25) is 0 Å². The topological polar surface area (TPSA) is 151 Å². The van der Waals surface area contributed by atoms with Gasteiger partial charge in [0.1, 0.15) is 0 Å². The van der Waals surface area contributed by atoms with Crippen LogP contribution < -0.4 is 10.6 Å². The average molecular weight is 613 g/mol. The summed E-state index contributed by atoms with van der Waals surface area (Å²) < 4.78 is 0. The number of carbonyl (C=O) groups excluding carboxylic acids is 2. The molecule has 0 aromatic heterocycles. The molecule has 4 aliphatic carbocycles. The number of likely N-dealkylation sites (N-methyl/N-ethyl adjacent to an activating group) is 2. The van der Waals surface area contributed by atoms with Crippen LogP contribution in [0.15, 0.2) is 53.0 Å². The van der Waals surface area contributed by atoms with E-state index in [0.29, 0.717) is 24.6 Å². The first-order valence-corrected chi connectivity index (χ1v) is 15.3. The van der Waals surface area contributed by atoms with E-state index in [1.54, 1.807) is 25.1 Å². The van der Waals surface area contributed by atoms with Crippen LogP contribution in [0, 0.1) is 11.8 Å². The number of nitrogens with two attached hydrogens (primary N) is 1. The van der Waals surface area contributed by atoms with Gasteiger partial charge in [-0.2, -0.15) is 0 Å². The molecule has 0 saturated heterocycles. The fraction of sp³-hybridized carbons (Fsp3) is 0.441. The number of rotatable bonds is 6.